The Morgan fingerprint density at radius 1 is 1.50 bits per heavy atom. The van der Waals surface area contributed by atoms with Crippen LogP contribution in [-0.2, 0) is 0 Å². The molecule has 4 nitrogen and oxygen atoms in total. The maximum absolute atomic E-state index is 12.1. The van der Waals surface area contributed by atoms with Crippen LogP contribution < -0.4 is 10.1 Å². The van der Waals surface area contributed by atoms with E-state index < -0.39 is 0 Å². The minimum Gasteiger partial charge on any atom is -0.497 e. The van der Waals surface area contributed by atoms with Crippen LogP contribution in [0.15, 0.2) is 28.9 Å². The number of hydrogen-bond acceptors (Lipinski definition) is 4. The number of carbonyl (C=O) groups excluding carboxylic acids is 1. The molecule has 2 rings (SSSR count). The number of nitrogens with zero attached hydrogens (tertiary/aromatic N) is 1. The third-order valence-corrected chi connectivity index (χ3v) is 3.78. The first-order valence-electron chi connectivity index (χ1n) is 5.17. The van der Waals surface area contributed by atoms with Gasteiger partial charge in [0.25, 0.3) is 5.91 Å². The molecule has 0 aliphatic carbocycles. The van der Waals surface area contributed by atoms with Crippen LogP contribution in [0.1, 0.15) is 15.2 Å². The van der Waals surface area contributed by atoms with E-state index in [-0.39, 0.29) is 5.91 Å². The second-order valence-corrected chi connectivity index (χ2v) is 5.67. The lowest BCUT2D eigenvalue weighted by Crippen LogP contribution is -2.12. The van der Waals surface area contributed by atoms with Crippen molar-refractivity contribution < 1.29 is 9.53 Å². The van der Waals surface area contributed by atoms with E-state index in [1.54, 1.807) is 31.5 Å². The third-order valence-electron chi connectivity index (χ3n) is 2.26. The number of amides is 1. The molecule has 0 aliphatic heterocycles. The molecule has 0 radical (unpaired) electrons. The summed E-state index contributed by atoms with van der Waals surface area (Å²) < 4.78 is 5.82. The molecule has 94 valence electrons. The number of aromatic nitrogens is 1. The molecule has 0 saturated carbocycles. The summed E-state index contributed by atoms with van der Waals surface area (Å²) in [5.74, 6) is 0.425. The maximum atomic E-state index is 12.1. The highest BCUT2D eigenvalue weighted by atomic mass is 79.9. The molecular weight excluding hydrogens is 316 g/mol. The van der Waals surface area contributed by atoms with Crippen LogP contribution in [-0.4, -0.2) is 18.0 Å². The molecule has 0 spiro atoms. The first-order chi connectivity index (χ1) is 8.60. The van der Waals surface area contributed by atoms with Crippen LogP contribution in [0.5, 0.6) is 5.75 Å². The average Bonchev–Trinajstić information content (AvgIpc) is 2.75. The van der Waals surface area contributed by atoms with Crippen LogP contribution in [0.2, 0.25) is 0 Å². The first-order valence-corrected chi connectivity index (χ1v) is 6.78. The largest absolute Gasteiger partial charge is 0.497 e. The predicted octanol–water partition coefficient (Wildman–Crippen LogP) is 3.47. The molecule has 18 heavy (non-hydrogen) atoms. The zero-order valence-corrected chi connectivity index (χ0v) is 12.3. The molecule has 0 unspecified atom stereocenters. The number of anilines is 1. The summed E-state index contributed by atoms with van der Waals surface area (Å²) in [6.45, 7) is 1.94. The van der Waals surface area contributed by atoms with Crippen LogP contribution >= 0.6 is 27.3 Å². The lowest BCUT2D eigenvalue weighted by Gasteiger charge is -2.06. The van der Waals surface area contributed by atoms with Crippen molar-refractivity contribution in [3.05, 3.63) is 39.3 Å². The van der Waals surface area contributed by atoms with Crippen molar-refractivity contribution in [2.24, 2.45) is 0 Å². The van der Waals surface area contributed by atoms with Gasteiger partial charge in [0.05, 0.1) is 12.7 Å². The second-order valence-electron chi connectivity index (χ2n) is 3.58. The Morgan fingerprint density at radius 3 is 2.89 bits per heavy atom. The molecule has 0 saturated heterocycles. The number of rotatable bonds is 3. The van der Waals surface area contributed by atoms with Crippen molar-refractivity contribution in [1.29, 1.82) is 0 Å². The molecule has 1 aromatic heterocycles. The van der Waals surface area contributed by atoms with Crippen molar-refractivity contribution in [1.82, 2.24) is 4.98 Å². The fraction of sp³-hybridized carbons (Fsp3) is 0.167. The Morgan fingerprint density at radius 2 is 2.28 bits per heavy atom. The van der Waals surface area contributed by atoms with Gasteiger partial charge in [-0.25, -0.2) is 4.98 Å². The summed E-state index contributed by atoms with van der Waals surface area (Å²) in [4.78, 5) is 17.2. The van der Waals surface area contributed by atoms with E-state index in [9.17, 15) is 4.79 Å². The van der Waals surface area contributed by atoms with Gasteiger partial charge in [0.2, 0.25) is 0 Å². The molecule has 0 fully saturated rings. The molecular formula is C12H11BrN2O2S. The van der Waals surface area contributed by atoms with E-state index in [4.69, 9.17) is 4.74 Å². The van der Waals surface area contributed by atoms with Crippen LogP contribution in [0.4, 0.5) is 5.13 Å². The van der Waals surface area contributed by atoms with Crippen LogP contribution in [0, 0.1) is 6.92 Å². The standard InChI is InChI=1S/C12H11BrN2O2S/c1-7-6-14-12(18-7)15-11(16)9-5-8(17-2)3-4-10(9)13/h3-6H,1-2H3,(H,14,15,16). The summed E-state index contributed by atoms with van der Waals surface area (Å²) >= 11 is 4.78. The van der Waals surface area contributed by atoms with Gasteiger partial charge in [-0.3, -0.25) is 10.1 Å². The van der Waals surface area contributed by atoms with E-state index in [1.165, 1.54) is 11.3 Å². The number of hydrogen-bond donors (Lipinski definition) is 1. The molecule has 1 heterocycles. The number of aryl methyl sites for hydroxylation is 1. The summed E-state index contributed by atoms with van der Waals surface area (Å²) in [6, 6.07) is 5.25. The van der Waals surface area contributed by atoms with Crippen molar-refractivity contribution in [3.63, 3.8) is 0 Å². The minimum absolute atomic E-state index is 0.213. The number of methoxy groups -OCH3 is 1. The van der Waals surface area contributed by atoms with E-state index in [0.29, 0.717) is 20.9 Å². The topological polar surface area (TPSA) is 51.2 Å². The fourth-order valence-electron chi connectivity index (χ4n) is 1.38. The van der Waals surface area contributed by atoms with Gasteiger partial charge < -0.3 is 4.74 Å². The van der Waals surface area contributed by atoms with Gasteiger partial charge in [-0.2, -0.15) is 0 Å². The molecule has 0 atom stereocenters. The number of benzene rings is 1. The van der Waals surface area contributed by atoms with E-state index in [1.807, 2.05) is 6.92 Å². The Hall–Kier alpha value is -1.40. The van der Waals surface area contributed by atoms with E-state index in [2.05, 4.69) is 26.2 Å². The molecule has 1 aromatic carbocycles. The number of carbonyl (C=O) groups is 1. The van der Waals surface area contributed by atoms with E-state index >= 15 is 0 Å². The number of nitrogens with one attached hydrogen (secondary N) is 1. The van der Waals surface area contributed by atoms with Gasteiger partial charge in [0, 0.05) is 15.5 Å². The molecule has 6 heteroatoms. The summed E-state index contributed by atoms with van der Waals surface area (Å²) in [7, 11) is 1.56. The van der Waals surface area contributed by atoms with Gasteiger partial charge in [0.1, 0.15) is 5.75 Å². The number of thiazole rings is 1. The van der Waals surface area contributed by atoms with Crippen LogP contribution in [0.3, 0.4) is 0 Å². The highest BCUT2D eigenvalue weighted by Gasteiger charge is 2.13. The monoisotopic (exact) mass is 326 g/mol. The zero-order chi connectivity index (χ0) is 13.1. The lowest BCUT2D eigenvalue weighted by molar-refractivity contribution is 0.102. The fourth-order valence-corrected chi connectivity index (χ4v) is 2.47. The second kappa shape index (κ2) is 5.49. The summed E-state index contributed by atoms with van der Waals surface area (Å²) in [5, 5.41) is 3.34. The maximum Gasteiger partial charge on any atom is 0.258 e. The smallest absolute Gasteiger partial charge is 0.258 e. The predicted molar refractivity (Wildman–Crippen MR) is 75.5 cm³/mol. The van der Waals surface area contributed by atoms with Gasteiger partial charge in [-0.1, -0.05) is 0 Å². The lowest BCUT2D eigenvalue weighted by atomic mass is 10.2. The van der Waals surface area contributed by atoms with Gasteiger partial charge in [-0.05, 0) is 41.1 Å². The molecule has 2 aromatic rings. The highest BCUT2D eigenvalue weighted by molar-refractivity contribution is 9.10. The number of ether oxygens (including phenoxy) is 1. The number of halogens is 1. The summed E-state index contributed by atoms with van der Waals surface area (Å²) in [5.41, 5.74) is 0.516. The Balaban J connectivity index is 2.23. The molecule has 1 amide bonds. The molecule has 0 aliphatic rings. The van der Waals surface area contributed by atoms with Gasteiger partial charge in [-0.15, -0.1) is 11.3 Å². The van der Waals surface area contributed by atoms with Crippen molar-refractivity contribution in [3.8, 4) is 5.75 Å². The Bertz CT molecular complexity index is 583. The average molecular weight is 327 g/mol. The molecule has 1 N–H and O–H groups in total. The SMILES string of the molecule is COc1ccc(Br)c(C(=O)Nc2ncc(C)s2)c1. The minimum atomic E-state index is -0.213. The quantitative estimate of drug-likeness (QED) is 0.939. The van der Waals surface area contributed by atoms with E-state index in [0.717, 1.165) is 4.88 Å². The van der Waals surface area contributed by atoms with Crippen molar-refractivity contribution >= 4 is 38.3 Å². The first kappa shape index (κ1) is 13.0. The third kappa shape index (κ3) is 2.88. The Labute approximate surface area is 117 Å². The zero-order valence-electron chi connectivity index (χ0n) is 9.86. The van der Waals surface area contributed by atoms with Crippen molar-refractivity contribution in [2.45, 2.75) is 6.92 Å². The van der Waals surface area contributed by atoms with Gasteiger partial charge in [0.15, 0.2) is 5.13 Å². The Kier molecular flexibility index (Phi) is 3.98. The molecule has 0 bridgehead atoms. The van der Waals surface area contributed by atoms with Gasteiger partial charge >= 0.3 is 0 Å². The van der Waals surface area contributed by atoms with Crippen LogP contribution in [0.25, 0.3) is 0 Å². The summed E-state index contributed by atoms with van der Waals surface area (Å²) in [6.07, 6.45) is 1.72. The van der Waals surface area contributed by atoms with Crippen molar-refractivity contribution in [2.75, 3.05) is 12.4 Å². The normalized spacial score (nSPS) is 10.2. The highest BCUT2D eigenvalue weighted by Crippen LogP contribution is 2.24.